The SMILES string of the molecule is COC(=O)c1cc(C(F)(F)F)cc(C#C[Si](C)(C)C)c1N. The Kier molecular flexibility index (Phi) is 4.74. The van der Waals surface area contributed by atoms with E-state index in [-0.39, 0.29) is 16.8 Å². The Morgan fingerprint density at radius 2 is 1.86 bits per heavy atom. The van der Waals surface area contributed by atoms with Gasteiger partial charge in [0.05, 0.1) is 23.9 Å². The molecule has 0 atom stereocenters. The number of ether oxygens (including phenoxy) is 1. The van der Waals surface area contributed by atoms with Crippen LogP contribution in [0.1, 0.15) is 21.5 Å². The predicted molar refractivity (Wildman–Crippen MR) is 77.4 cm³/mol. The van der Waals surface area contributed by atoms with Gasteiger partial charge >= 0.3 is 12.1 Å². The number of hydrogen-bond acceptors (Lipinski definition) is 3. The molecule has 2 N–H and O–H groups in total. The molecule has 0 aliphatic rings. The second-order valence-corrected chi connectivity index (χ2v) is 10.2. The quantitative estimate of drug-likeness (QED) is 0.374. The number of benzene rings is 1. The van der Waals surface area contributed by atoms with E-state index in [1.165, 1.54) is 0 Å². The summed E-state index contributed by atoms with van der Waals surface area (Å²) in [5, 5.41) is 0. The molecule has 0 amide bonds. The summed E-state index contributed by atoms with van der Waals surface area (Å²) in [4.78, 5) is 11.6. The van der Waals surface area contributed by atoms with E-state index in [0.717, 1.165) is 13.2 Å². The van der Waals surface area contributed by atoms with Crippen LogP contribution in [0, 0.1) is 11.5 Å². The normalized spacial score (nSPS) is 11.6. The molecule has 0 aliphatic heterocycles. The summed E-state index contributed by atoms with van der Waals surface area (Å²) >= 11 is 0. The Balaban J connectivity index is 3.55. The molecular weight excluding hydrogens is 299 g/mol. The van der Waals surface area contributed by atoms with Gasteiger partial charge in [-0.25, -0.2) is 4.79 Å². The topological polar surface area (TPSA) is 52.3 Å². The number of carbonyl (C=O) groups excluding carboxylic acids is 1. The first kappa shape index (κ1) is 17.1. The molecule has 0 aromatic heterocycles. The minimum absolute atomic E-state index is 0.00681. The minimum atomic E-state index is -4.59. The van der Waals surface area contributed by atoms with Crippen LogP contribution in [-0.2, 0) is 10.9 Å². The molecule has 7 heteroatoms. The van der Waals surface area contributed by atoms with Gasteiger partial charge in [-0.1, -0.05) is 25.6 Å². The lowest BCUT2D eigenvalue weighted by Gasteiger charge is -2.12. The first-order chi connectivity index (χ1) is 9.45. The molecule has 0 aliphatic carbocycles. The third kappa shape index (κ3) is 4.53. The fraction of sp³-hybridized carbons (Fsp3) is 0.357. The van der Waals surface area contributed by atoms with Crippen molar-refractivity contribution in [2.24, 2.45) is 0 Å². The molecule has 3 nitrogen and oxygen atoms in total. The van der Waals surface area contributed by atoms with Crippen molar-refractivity contribution < 1.29 is 22.7 Å². The lowest BCUT2D eigenvalue weighted by molar-refractivity contribution is -0.137. The second kappa shape index (κ2) is 5.82. The molecule has 0 radical (unpaired) electrons. The van der Waals surface area contributed by atoms with Gasteiger partial charge in [-0.2, -0.15) is 13.2 Å². The maximum atomic E-state index is 12.9. The van der Waals surface area contributed by atoms with Gasteiger partial charge in [-0.05, 0) is 12.1 Å². The van der Waals surface area contributed by atoms with Gasteiger partial charge in [0.15, 0.2) is 0 Å². The molecule has 1 rings (SSSR count). The zero-order chi connectivity index (χ0) is 16.4. The summed E-state index contributed by atoms with van der Waals surface area (Å²) in [6.07, 6.45) is -4.59. The first-order valence-corrected chi connectivity index (χ1v) is 9.58. The van der Waals surface area contributed by atoms with E-state index < -0.39 is 25.8 Å². The highest BCUT2D eigenvalue weighted by atomic mass is 28.3. The molecule has 0 heterocycles. The molecule has 1 aromatic carbocycles. The van der Waals surface area contributed by atoms with Gasteiger partial charge in [0.25, 0.3) is 0 Å². The summed E-state index contributed by atoms with van der Waals surface area (Å²) in [6, 6.07) is 1.54. The molecule has 21 heavy (non-hydrogen) atoms. The van der Waals surface area contributed by atoms with Gasteiger partial charge in [-0.15, -0.1) is 5.54 Å². The predicted octanol–water partition coefficient (Wildman–Crippen LogP) is 3.30. The van der Waals surface area contributed by atoms with Crippen molar-refractivity contribution in [3.8, 4) is 11.5 Å². The first-order valence-electron chi connectivity index (χ1n) is 6.08. The Labute approximate surface area is 122 Å². The van der Waals surface area contributed by atoms with Gasteiger partial charge < -0.3 is 10.5 Å². The largest absolute Gasteiger partial charge is 0.465 e. The number of anilines is 1. The fourth-order valence-corrected chi connectivity index (χ4v) is 1.96. The summed E-state index contributed by atoms with van der Waals surface area (Å²) in [7, 11) is -0.714. The number of esters is 1. The Morgan fingerprint density at radius 1 is 1.29 bits per heavy atom. The molecule has 0 spiro atoms. The number of nitrogens with two attached hydrogens (primary N) is 1. The standard InChI is InChI=1S/C14H16F3NO2Si/c1-20-13(19)11-8-10(14(15,16)17)7-9(12(11)18)5-6-21(2,3)4/h7-8H,18H2,1-4H3. The maximum absolute atomic E-state index is 12.9. The van der Waals surface area contributed by atoms with E-state index in [9.17, 15) is 18.0 Å². The van der Waals surface area contributed by atoms with Gasteiger partial charge in [-0.3, -0.25) is 0 Å². The molecule has 0 fully saturated rings. The summed E-state index contributed by atoms with van der Waals surface area (Å²) < 4.78 is 43.1. The van der Waals surface area contributed by atoms with Crippen LogP contribution in [0.2, 0.25) is 19.6 Å². The van der Waals surface area contributed by atoms with Crippen LogP contribution in [-0.4, -0.2) is 21.2 Å². The smallest absolute Gasteiger partial charge is 0.416 e. The number of rotatable bonds is 1. The van der Waals surface area contributed by atoms with Crippen molar-refractivity contribution in [1.29, 1.82) is 0 Å². The monoisotopic (exact) mass is 315 g/mol. The van der Waals surface area contributed by atoms with Crippen molar-refractivity contribution in [1.82, 2.24) is 0 Å². The van der Waals surface area contributed by atoms with Gasteiger partial charge in [0.1, 0.15) is 8.07 Å². The van der Waals surface area contributed by atoms with Crippen LogP contribution in [0.3, 0.4) is 0 Å². The number of carbonyl (C=O) groups is 1. The van der Waals surface area contributed by atoms with Gasteiger partial charge in [0, 0.05) is 5.56 Å². The van der Waals surface area contributed by atoms with Crippen LogP contribution < -0.4 is 5.73 Å². The minimum Gasteiger partial charge on any atom is -0.465 e. The second-order valence-electron chi connectivity index (χ2n) is 5.47. The van der Waals surface area contributed by atoms with Crippen LogP contribution in [0.25, 0.3) is 0 Å². The van der Waals surface area contributed by atoms with Crippen molar-refractivity contribution in [2.45, 2.75) is 25.8 Å². The van der Waals surface area contributed by atoms with Crippen molar-refractivity contribution >= 4 is 19.7 Å². The molecule has 114 valence electrons. The lowest BCUT2D eigenvalue weighted by atomic mass is 10.0. The molecule has 0 saturated heterocycles. The highest BCUT2D eigenvalue weighted by Crippen LogP contribution is 2.33. The summed E-state index contributed by atoms with van der Waals surface area (Å²) in [6.45, 7) is 5.85. The lowest BCUT2D eigenvalue weighted by Crippen LogP contribution is -2.17. The summed E-state index contributed by atoms with van der Waals surface area (Å²) in [5.41, 5.74) is 7.27. The average molecular weight is 315 g/mol. The number of alkyl halides is 3. The van der Waals surface area contributed by atoms with Crippen molar-refractivity contribution in [2.75, 3.05) is 12.8 Å². The Morgan fingerprint density at radius 3 is 2.29 bits per heavy atom. The van der Waals surface area contributed by atoms with E-state index in [2.05, 4.69) is 16.2 Å². The number of hydrogen-bond donors (Lipinski definition) is 1. The summed E-state index contributed by atoms with van der Waals surface area (Å²) in [5.74, 6) is 1.74. The third-order valence-corrected chi connectivity index (χ3v) is 3.36. The molecular formula is C14H16F3NO2Si. The number of methoxy groups -OCH3 is 1. The Hall–Kier alpha value is -1.94. The van der Waals surface area contributed by atoms with E-state index >= 15 is 0 Å². The number of halogens is 3. The van der Waals surface area contributed by atoms with E-state index in [1.807, 2.05) is 19.6 Å². The molecule has 0 unspecified atom stereocenters. The van der Waals surface area contributed by atoms with E-state index in [1.54, 1.807) is 0 Å². The van der Waals surface area contributed by atoms with E-state index in [4.69, 9.17) is 5.73 Å². The van der Waals surface area contributed by atoms with Crippen LogP contribution in [0.4, 0.5) is 18.9 Å². The van der Waals surface area contributed by atoms with Crippen molar-refractivity contribution in [3.05, 3.63) is 28.8 Å². The molecule has 0 saturated carbocycles. The van der Waals surface area contributed by atoms with E-state index in [0.29, 0.717) is 6.07 Å². The maximum Gasteiger partial charge on any atom is 0.416 e. The highest BCUT2D eigenvalue weighted by molar-refractivity contribution is 6.83. The van der Waals surface area contributed by atoms with Crippen LogP contribution >= 0.6 is 0 Å². The highest BCUT2D eigenvalue weighted by Gasteiger charge is 2.33. The fourth-order valence-electron chi connectivity index (χ4n) is 1.45. The average Bonchev–Trinajstić information content (AvgIpc) is 2.34. The van der Waals surface area contributed by atoms with Crippen molar-refractivity contribution in [3.63, 3.8) is 0 Å². The Bertz CT molecular complexity index is 622. The zero-order valence-electron chi connectivity index (χ0n) is 12.2. The van der Waals surface area contributed by atoms with Crippen LogP contribution in [0.15, 0.2) is 12.1 Å². The van der Waals surface area contributed by atoms with Crippen LogP contribution in [0.5, 0.6) is 0 Å². The third-order valence-electron chi connectivity index (χ3n) is 2.48. The molecule has 1 aromatic rings. The van der Waals surface area contributed by atoms with Gasteiger partial charge in [0.2, 0.25) is 0 Å². The molecule has 0 bridgehead atoms. The zero-order valence-corrected chi connectivity index (χ0v) is 13.2. The number of nitrogen functional groups attached to an aromatic ring is 1.